The fraction of sp³-hybridized carbons (Fsp3) is 0.412. The molecule has 1 aromatic carbocycles. The molecule has 1 amide bonds. The second-order valence-corrected chi connectivity index (χ2v) is 5.78. The van der Waals surface area contributed by atoms with E-state index >= 15 is 0 Å². The number of aromatic nitrogens is 2. The van der Waals surface area contributed by atoms with Crippen LogP contribution in [0.3, 0.4) is 0 Å². The highest BCUT2D eigenvalue weighted by Gasteiger charge is 2.16. The predicted molar refractivity (Wildman–Crippen MR) is 88.3 cm³/mol. The summed E-state index contributed by atoms with van der Waals surface area (Å²) in [6.07, 6.45) is 0. The number of carbonyl (C=O) groups excluding carboxylic acids is 1. The second-order valence-electron chi connectivity index (χ2n) is 5.78. The molecule has 0 unspecified atom stereocenters. The zero-order chi connectivity index (χ0) is 16.9. The predicted octanol–water partition coefficient (Wildman–Crippen LogP) is 1.59. The number of imidazole rings is 1. The first-order valence-electron chi connectivity index (χ1n) is 8.04. The number of hydrogen-bond acceptors (Lipinski definition) is 4. The Labute approximate surface area is 140 Å². The molecule has 0 bridgehead atoms. The number of rotatable bonds is 5. The number of carbonyl (C=O) groups is 1. The van der Waals surface area contributed by atoms with Crippen LogP contribution in [-0.4, -0.2) is 60.2 Å². The van der Waals surface area contributed by atoms with Crippen molar-refractivity contribution in [1.29, 1.82) is 0 Å². The Kier molecular flexibility index (Phi) is 5.22. The lowest BCUT2D eigenvalue weighted by atomic mass is 10.2. The van der Waals surface area contributed by atoms with Crippen LogP contribution in [-0.2, 0) is 4.74 Å². The summed E-state index contributed by atoms with van der Waals surface area (Å²) in [5.74, 6) is 0.0549. The molecule has 1 aliphatic heterocycles. The van der Waals surface area contributed by atoms with Gasteiger partial charge in [0.05, 0.1) is 13.2 Å². The third kappa shape index (κ3) is 3.98. The van der Waals surface area contributed by atoms with E-state index in [1.54, 1.807) is 19.1 Å². The number of hydrogen-bond donors (Lipinski definition) is 2. The van der Waals surface area contributed by atoms with Crippen molar-refractivity contribution in [3.63, 3.8) is 0 Å². The Hall–Kier alpha value is -2.25. The van der Waals surface area contributed by atoms with Crippen molar-refractivity contribution >= 4 is 5.91 Å². The van der Waals surface area contributed by atoms with Crippen LogP contribution in [0.4, 0.5) is 4.39 Å². The molecule has 0 saturated carbocycles. The van der Waals surface area contributed by atoms with Gasteiger partial charge < -0.3 is 15.0 Å². The van der Waals surface area contributed by atoms with E-state index in [0.29, 0.717) is 23.8 Å². The maximum atomic E-state index is 13.0. The van der Waals surface area contributed by atoms with Gasteiger partial charge in [-0.15, -0.1) is 0 Å². The number of ether oxygens (including phenoxy) is 1. The standard InChI is InChI=1S/C17H21FN4O2/c1-12-15(17(23)19-6-7-22-8-10-24-11-9-22)21-16(20-12)13-2-4-14(18)5-3-13/h2-5H,6-11H2,1H3,(H,19,23)(H,20,21). The molecule has 0 radical (unpaired) electrons. The SMILES string of the molecule is Cc1[nH]c(-c2ccc(F)cc2)nc1C(=O)NCCN1CCOCC1. The van der Waals surface area contributed by atoms with Gasteiger partial charge in [-0.05, 0) is 31.2 Å². The summed E-state index contributed by atoms with van der Waals surface area (Å²) in [5.41, 5.74) is 1.81. The molecule has 0 atom stereocenters. The molecule has 1 fully saturated rings. The van der Waals surface area contributed by atoms with E-state index in [2.05, 4.69) is 20.2 Å². The first-order valence-corrected chi connectivity index (χ1v) is 8.04. The zero-order valence-electron chi connectivity index (χ0n) is 13.6. The number of nitrogens with zero attached hydrogens (tertiary/aromatic N) is 2. The van der Waals surface area contributed by atoms with E-state index in [9.17, 15) is 9.18 Å². The molecule has 2 heterocycles. The van der Waals surface area contributed by atoms with Gasteiger partial charge in [0, 0.05) is 37.4 Å². The van der Waals surface area contributed by atoms with Gasteiger partial charge in [-0.3, -0.25) is 9.69 Å². The highest BCUT2D eigenvalue weighted by molar-refractivity contribution is 5.94. The summed E-state index contributed by atoms with van der Waals surface area (Å²) in [7, 11) is 0. The summed E-state index contributed by atoms with van der Waals surface area (Å²) in [6, 6.07) is 6.01. The number of halogens is 1. The number of amides is 1. The number of nitrogens with one attached hydrogen (secondary N) is 2. The van der Waals surface area contributed by atoms with Gasteiger partial charge >= 0.3 is 0 Å². The number of morpholine rings is 1. The molecule has 3 rings (SSSR count). The van der Waals surface area contributed by atoms with Gasteiger partial charge in [-0.25, -0.2) is 9.37 Å². The largest absolute Gasteiger partial charge is 0.379 e. The van der Waals surface area contributed by atoms with E-state index in [-0.39, 0.29) is 11.7 Å². The average Bonchev–Trinajstić information content (AvgIpc) is 2.98. The molecule has 0 aliphatic carbocycles. The first-order chi connectivity index (χ1) is 11.6. The summed E-state index contributed by atoms with van der Waals surface area (Å²) in [4.78, 5) is 22.0. The highest BCUT2D eigenvalue weighted by atomic mass is 19.1. The van der Waals surface area contributed by atoms with E-state index in [0.717, 1.165) is 38.4 Å². The van der Waals surface area contributed by atoms with Crippen molar-refractivity contribution in [2.75, 3.05) is 39.4 Å². The Balaban J connectivity index is 1.59. The van der Waals surface area contributed by atoms with Crippen LogP contribution < -0.4 is 5.32 Å². The average molecular weight is 332 g/mol. The van der Waals surface area contributed by atoms with Crippen LogP contribution in [0.1, 0.15) is 16.2 Å². The highest BCUT2D eigenvalue weighted by Crippen LogP contribution is 2.18. The number of aryl methyl sites for hydroxylation is 1. The fourth-order valence-electron chi connectivity index (χ4n) is 2.66. The molecule has 2 aromatic rings. The number of benzene rings is 1. The molecule has 24 heavy (non-hydrogen) atoms. The van der Waals surface area contributed by atoms with E-state index in [1.807, 2.05) is 0 Å². The normalized spacial score (nSPS) is 15.4. The fourth-order valence-corrected chi connectivity index (χ4v) is 2.66. The van der Waals surface area contributed by atoms with Crippen molar-refractivity contribution in [1.82, 2.24) is 20.2 Å². The lowest BCUT2D eigenvalue weighted by Crippen LogP contribution is -2.41. The lowest BCUT2D eigenvalue weighted by molar-refractivity contribution is 0.0383. The summed E-state index contributed by atoms with van der Waals surface area (Å²) in [6.45, 7) is 6.44. The maximum Gasteiger partial charge on any atom is 0.271 e. The monoisotopic (exact) mass is 332 g/mol. The van der Waals surface area contributed by atoms with Gasteiger partial charge in [0.1, 0.15) is 17.3 Å². The quantitative estimate of drug-likeness (QED) is 0.872. The third-order valence-corrected chi connectivity index (χ3v) is 4.03. The van der Waals surface area contributed by atoms with Crippen molar-refractivity contribution in [2.24, 2.45) is 0 Å². The molecule has 1 aliphatic rings. The Morgan fingerprint density at radius 3 is 2.75 bits per heavy atom. The van der Waals surface area contributed by atoms with E-state index in [1.165, 1.54) is 12.1 Å². The molecule has 0 spiro atoms. The molecular formula is C17H21FN4O2. The van der Waals surface area contributed by atoms with Crippen LogP contribution in [0.5, 0.6) is 0 Å². The Morgan fingerprint density at radius 2 is 2.04 bits per heavy atom. The Morgan fingerprint density at radius 1 is 1.33 bits per heavy atom. The molecular weight excluding hydrogens is 311 g/mol. The topological polar surface area (TPSA) is 70.2 Å². The minimum absolute atomic E-state index is 0.203. The van der Waals surface area contributed by atoms with Gasteiger partial charge in [-0.2, -0.15) is 0 Å². The number of H-pyrrole nitrogens is 1. The summed E-state index contributed by atoms with van der Waals surface area (Å²) >= 11 is 0. The van der Waals surface area contributed by atoms with E-state index in [4.69, 9.17) is 4.74 Å². The van der Waals surface area contributed by atoms with Crippen molar-refractivity contribution in [2.45, 2.75) is 6.92 Å². The smallest absolute Gasteiger partial charge is 0.271 e. The van der Waals surface area contributed by atoms with Crippen molar-refractivity contribution in [3.05, 3.63) is 41.5 Å². The third-order valence-electron chi connectivity index (χ3n) is 4.03. The Bertz CT molecular complexity index is 693. The maximum absolute atomic E-state index is 13.0. The minimum atomic E-state index is -0.303. The van der Waals surface area contributed by atoms with Crippen LogP contribution in [0.15, 0.2) is 24.3 Å². The second kappa shape index (κ2) is 7.55. The lowest BCUT2D eigenvalue weighted by Gasteiger charge is -2.26. The van der Waals surface area contributed by atoms with Gasteiger partial charge in [0.2, 0.25) is 0 Å². The zero-order valence-corrected chi connectivity index (χ0v) is 13.6. The molecule has 1 saturated heterocycles. The van der Waals surface area contributed by atoms with Crippen LogP contribution >= 0.6 is 0 Å². The van der Waals surface area contributed by atoms with E-state index < -0.39 is 0 Å². The molecule has 6 nitrogen and oxygen atoms in total. The van der Waals surface area contributed by atoms with Crippen molar-refractivity contribution in [3.8, 4) is 11.4 Å². The minimum Gasteiger partial charge on any atom is -0.379 e. The van der Waals surface area contributed by atoms with Gasteiger partial charge in [0.15, 0.2) is 0 Å². The van der Waals surface area contributed by atoms with Crippen LogP contribution in [0, 0.1) is 12.7 Å². The van der Waals surface area contributed by atoms with Crippen molar-refractivity contribution < 1.29 is 13.9 Å². The van der Waals surface area contributed by atoms with Gasteiger partial charge in [-0.1, -0.05) is 0 Å². The molecule has 2 N–H and O–H groups in total. The molecule has 128 valence electrons. The molecule has 1 aromatic heterocycles. The number of aromatic amines is 1. The van der Waals surface area contributed by atoms with Crippen LogP contribution in [0.25, 0.3) is 11.4 Å². The van der Waals surface area contributed by atoms with Crippen LogP contribution in [0.2, 0.25) is 0 Å². The first kappa shape index (κ1) is 16.6. The molecule has 7 heteroatoms. The summed E-state index contributed by atoms with van der Waals surface area (Å²) < 4.78 is 18.3. The van der Waals surface area contributed by atoms with Gasteiger partial charge in [0.25, 0.3) is 5.91 Å². The summed E-state index contributed by atoms with van der Waals surface area (Å²) in [5, 5.41) is 2.90.